The van der Waals surface area contributed by atoms with Crippen LogP contribution in [0.2, 0.25) is 0 Å². The average Bonchev–Trinajstić information content (AvgIpc) is 2.71. The second-order valence-electron chi connectivity index (χ2n) is 3.98. The lowest BCUT2D eigenvalue weighted by molar-refractivity contribution is 0.398. The first-order chi connectivity index (χ1) is 9.13. The lowest BCUT2D eigenvalue weighted by atomic mass is 10.3. The predicted molar refractivity (Wildman–Crippen MR) is 70.6 cm³/mol. The molecule has 0 N–H and O–H groups in total. The third-order valence-electron chi connectivity index (χ3n) is 2.82. The van der Waals surface area contributed by atoms with Crippen LogP contribution in [0.5, 0.6) is 5.88 Å². The van der Waals surface area contributed by atoms with Gasteiger partial charge in [0.15, 0.2) is 5.04 Å². The smallest absolute Gasteiger partial charge is 0.226 e. The fraction of sp³-hybridized carbons (Fsp3) is 0.0769. The van der Waals surface area contributed by atoms with Gasteiger partial charge in [0.2, 0.25) is 15.7 Å². The van der Waals surface area contributed by atoms with Crippen LogP contribution in [0.1, 0.15) is 5.56 Å². The second kappa shape index (κ2) is 4.17. The van der Waals surface area contributed by atoms with Crippen LogP contribution in [0.4, 0.5) is 5.69 Å². The molecule has 6 heteroatoms. The van der Waals surface area contributed by atoms with Crippen molar-refractivity contribution in [1.82, 2.24) is 4.98 Å². The van der Waals surface area contributed by atoms with E-state index in [9.17, 15) is 8.42 Å². The number of aromatic nitrogens is 1. The van der Waals surface area contributed by atoms with Crippen molar-refractivity contribution in [3.63, 3.8) is 0 Å². The molecule has 5 nitrogen and oxygen atoms in total. The Hall–Kier alpha value is -2.21. The molecular formula is C13H10N2O3S. The van der Waals surface area contributed by atoms with Gasteiger partial charge in [-0.3, -0.25) is 0 Å². The van der Waals surface area contributed by atoms with E-state index < -0.39 is 9.84 Å². The molecular weight excluding hydrogens is 264 g/mol. The number of fused-ring (bicyclic) bond motifs is 1. The van der Waals surface area contributed by atoms with Crippen LogP contribution in [-0.2, 0) is 9.84 Å². The van der Waals surface area contributed by atoms with Crippen molar-refractivity contribution in [2.75, 3.05) is 7.11 Å². The highest BCUT2D eigenvalue weighted by Crippen LogP contribution is 2.34. The molecule has 0 atom stereocenters. The van der Waals surface area contributed by atoms with Crippen molar-refractivity contribution in [3.8, 4) is 5.88 Å². The Morgan fingerprint density at radius 2 is 1.89 bits per heavy atom. The van der Waals surface area contributed by atoms with E-state index in [0.29, 0.717) is 17.1 Å². The quantitative estimate of drug-likeness (QED) is 0.839. The summed E-state index contributed by atoms with van der Waals surface area (Å²) < 4.78 is 29.6. The SMILES string of the molecule is COc1ccc(C2=Nc3ccccc3S2(=O)=O)cn1. The Morgan fingerprint density at radius 3 is 2.53 bits per heavy atom. The van der Waals surface area contributed by atoms with Crippen LogP contribution in [0.15, 0.2) is 52.5 Å². The van der Waals surface area contributed by atoms with E-state index in [1.807, 2.05) is 0 Å². The number of pyridine rings is 1. The van der Waals surface area contributed by atoms with Gasteiger partial charge in [-0.2, -0.15) is 0 Å². The van der Waals surface area contributed by atoms with Crippen LogP contribution in [0, 0.1) is 0 Å². The fourth-order valence-corrected chi connectivity index (χ4v) is 3.40. The van der Waals surface area contributed by atoms with Gasteiger partial charge in [-0.15, -0.1) is 0 Å². The molecule has 0 radical (unpaired) electrons. The third kappa shape index (κ3) is 1.80. The van der Waals surface area contributed by atoms with Crippen molar-refractivity contribution >= 4 is 20.6 Å². The molecule has 0 aliphatic carbocycles. The lowest BCUT2D eigenvalue weighted by Crippen LogP contribution is -2.12. The monoisotopic (exact) mass is 274 g/mol. The largest absolute Gasteiger partial charge is 0.481 e. The van der Waals surface area contributed by atoms with E-state index in [4.69, 9.17) is 4.74 Å². The first-order valence-electron chi connectivity index (χ1n) is 5.56. The third-order valence-corrected chi connectivity index (χ3v) is 4.58. The number of hydrogen-bond acceptors (Lipinski definition) is 5. The Kier molecular flexibility index (Phi) is 2.60. The fourth-order valence-electron chi connectivity index (χ4n) is 1.90. The molecule has 19 heavy (non-hydrogen) atoms. The minimum absolute atomic E-state index is 0.0313. The maximum absolute atomic E-state index is 12.3. The van der Waals surface area contributed by atoms with E-state index in [0.717, 1.165) is 0 Å². The van der Waals surface area contributed by atoms with Crippen LogP contribution in [0.3, 0.4) is 0 Å². The normalized spacial score (nSPS) is 15.7. The molecule has 2 heterocycles. The lowest BCUT2D eigenvalue weighted by Gasteiger charge is -2.02. The number of hydrogen-bond donors (Lipinski definition) is 0. The van der Waals surface area contributed by atoms with Crippen molar-refractivity contribution in [2.24, 2.45) is 4.99 Å². The van der Waals surface area contributed by atoms with Gasteiger partial charge in [-0.1, -0.05) is 12.1 Å². The summed E-state index contributed by atoms with van der Waals surface area (Å²) in [5.74, 6) is 0.428. The van der Waals surface area contributed by atoms with Gasteiger partial charge in [-0.25, -0.2) is 18.4 Å². The Labute approximate surface area is 110 Å². The summed E-state index contributed by atoms with van der Waals surface area (Å²) in [5, 5.41) is 0.0313. The maximum atomic E-state index is 12.3. The van der Waals surface area contributed by atoms with Crippen LogP contribution >= 0.6 is 0 Å². The number of sulfone groups is 1. The Bertz CT molecular complexity index is 765. The van der Waals surface area contributed by atoms with Crippen molar-refractivity contribution in [3.05, 3.63) is 48.2 Å². The standard InChI is InChI=1S/C13H10N2O3S/c1-18-12-7-6-9(8-14-12)13-15-10-4-2-3-5-11(10)19(13,16)17/h2-8H,1H3. The highest BCUT2D eigenvalue weighted by molar-refractivity contribution is 8.07. The number of rotatable bonds is 2. The van der Waals surface area contributed by atoms with Crippen molar-refractivity contribution in [1.29, 1.82) is 0 Å². The molecule has 0 amide bonds. The molecule has 96 valence electrons. The number of nitrogens with zero attached hydrogens (tertiary/aromatic N) is 2. The van der Waals surface area contributed by atoms with E-state index >= 15 is 0 Å². The maximum Gasteiger partial charge on any atom is 0.226 e. The summed E-state index contributed by atoms with van der Waals surface area (Å²) >= 11 is 0. The summed E-state index contributed by atoms with van der Waals surface area (Å²) in [5.41, 5.74) is 0.922. The first-order valence-corrected chi connectivity index (χ1v) is 7.04. The summed E-state index contributed by atoms with van der Waals surface area (Å²) in [4.78, 5) is 8.42. The molecule has 0 saturated heterocycles. The van der Waals surface area contributed by atoms with Gasteiger partial charge in [0, 0.05) is 17.8 Å². The summed E-state index contributed by atoms with van der Waals surface area (Å²) in [6.07, 6.45) is 1.45. The van der Waals surface area contributed by atoms with E-state index in [1.54, 1.807) is 36.4 Å². The highest BCUT2D eigenvalue weighted by atomic mass is 32.2. The molecule has 0 bridgehead atoms. The number of ether oxygens (including phenoxy) is 1. The minimum Gasteiger partial charge on any atom is -0.481 e. The molecule has 1 aromatic carbocycles. The second-order valence-corrected chi connectivity index (χ2v) is 5.81. The van der Waals surface area contributed by atoms with E-state index in [1.165, 1.54) is 13.3 Å². The molecule has 0 unspecified atom stereocenters. The number of benzene rings is 1. The number of aliphatic imine (C=N–C) groups is 1. The molecule has 3 rings (SSSR count). The van der Waals surface area contributed by atoms with Crippen LogP contribution < -0.4 is 4.74 Å². The molecule has 1 aliphatic rings. The zero-order valence-corrected chi connectivity index (χ0v) is 10.9. The zero-order valence-electron chi connectivity index (χ0n) is 10.1. The van der Waals surface area contributed by atoms with Gasteiger partial charge in [0.1, 0.15) is 0 Å². The van der Waals surface area contributed by atoms with Crippen LogP contribution in [-0.4, -0.2) is 25.6 Å². The minimum atomic E-state index is -3.55. The molecule has 2 aromatic rings. The van der Waals surface area contributed by atoms with Gasteiger partial charge < -0.3 is 4.74 Å². The molecule has 1 aromatic heterocycles. The number of methoxy groups -OCH3 is 1. The topological polar surface area (TPSA) is 68.6 Å². The highest BCUT2D eigenvalue weighted by Gasteiger charge is 2.32. The first kappa shape index (κ1) is 11.9. The Balaban J connectivity index is 2.13. The van der Waals surface area contributed by atoms with Gasteiger partial charge >= 0.3 is 0 Å². The molecule has 0 saturated carbocycles. The predicted octanol–water partition coefficient (Wildman–Crippen LogP) is 1.96. The summed E-state index contributed by atoms with van der Waals surface area (Å²) in [6, 6.07) is 9.91. The van der Waals surface area contributed by atoms with E-state index in [2.05, 4.69) is 9.98 Å². The average molecular weight is 274 g/mol. The summed E-state index contributed by atoms with van der Waals surface area (Å²) in [7, 11) is -2.05. The van der Waals surface area contributed by atoms with Crippen molar-refractivity contribution < 1.29 is 13.2 Å². The molecule has 0 spiro atoms. The van der Waals surface area contributed by atoms with Gasteiger partial charge in [0.25, 0.3) is 0 Å². The van der Waals surface area contributed by atoms with Crippen molar-refractivity contribution in [2.45, 2.75) is 4.90 Å². The van der Waals surface area contributed by atoms with Gasteiger partial charge in [-0.05, 0) is 18.2 Å². The zero-order chi connectivity index (χ0) is 13.5. The molecule has 0 fully saturated rings. The van der Waals surface area contributed by atoms with Gasteiger partial charge in [0.05, 0.1) is 17.7 Å². The number of para-hydroxylation sites is 1. The summed E-state index contributed by atoms with van der Waals surface area (Å²) in [6.45, 7) is 0. The van der Waals surface area contributed by atoms with Crippen LogP contribution in [0.25, 0.3) is 0 Å². The van der Waals surface area contributed by atoms with E-state index in [-0.39, 0.29) is 9.94 Å². The Morgan fingerprint density at radius 1 is 1.11 bits per heavy atom. The molecule has 1 aliphatic heterocycles.